The van der Waals surface area contributed by atoms with Crippen molar-refractivity contribution < 1.29 is 14.3 Å². The lowest BCUT2D eigenvalue weighted by Gasteiger charge is -2.16. The standard InChI is InChI=1S/C11H15NO3/c1-7-3-4-10(15-7)9-5-8(11(13)14)6-12(9)2/h3-4,8-9H,5-6H2,1-2H3,(H,13,14). The number of likely N-dealkylation sites (tertiary alicyclic amines) is 1. The number of carbonyl (C=O) groups is 1. The van der Waals surface area contributed by atoms with Crippen molar-refractivity contribution in [2.45, 2.75) is 19.4 Å². The Hall–Kier alpha value is -1.29. The van der Waals surface area contributed by atoms with E-state index in [2.05, 4.69) is 0 Å². The molecule has 15 heavy (non-hydrogen) atoms. The van der Waals surface area contributed by atoms with Crippen molar-refractivity contribution in [2.24, 2.45) is 5.92 Å². The number of hydrogen-bond acceptors (Lipinski definition) is 3. The fraction of sp³-hybridized carbons (Fsp3) is 0.545. The quantitative estimate of drug-likeness (QED) is 0.804. The first kappa shape index (κ1) is 10.2. The normalized spacial score (nSPS) is 27.1. The second-order valence-electron chi connectivity index (χ2n) is 4.17. The fourth-order valence-corrected chi connectivity index (χ4v) is 2.14. The molecule has 82 valence electrons. The maximum atomic E-state index is 10.9. The Balaban J connectivity index is 2.15. The second-order valence-corrected chi connectivity index (χ2v) is 4.17. The van der Waals surface area contributed by atoms with Crippen LogP contribution in [0.3, 0.4) is 0 Å². The van der Waals surface area contributed by atoms with Crippen LogP contribution in [0.2, 0.25) is 0 Å². The third kappa shape index (κ3) is 1.90. The van der Waals surface area contributed by atoms with Crippen molar-refractivity contribution in [3.63, 3.8) is 0 Å². The molecule has 1 aliphatic heterocycles. The minimum absolute atomic E-state index is 0.111. The summed E-state index contributed by atoms with van der Waals surface area (Å²) in [4.78, 5) is 12.9. The Morgan fingerprint density at radius 3 is 2.80 bits per heavy atom. The summed E-state index contributed by atoms with van der Waals surface area (Å²) >= 11 is 0. The van der Waals surface area contributed by atoms with E-state index in [1.165, 1.54) is 0 Å². The van der Waals surface area contributed by atoms with Crippen LogP contribution >= 0.6 is 0 Å². The van der Waals surface area contributed by atoms with E-state index in [1.807, 2.05) is 31.0 Å². The van der Waals surface area contributed by atoms with Gasteiger partial charge in [0, 0.05) is 6.54 Å². The molecular weight excluding hydrogens is 194 g/mol. The van der Waals surface area contributed by atoms with E-state index >= 15 is 0 Å². The Labute approximate surface area is 88.5 Å². The zero-order chi connectivity index (χ0) is 11.0. The molecule has 1 aromatic rings. The molecule has 1 aromatic heterocycles. The lowest BCUT2D eigenvalue weighted by Crippen LogP contribution is -2.20. The average Bonchev–Trinajstić information content (AvgIpc) is 2.71. The highest BCUT2D eigenvalue weighted by Gasteiger charge is 2.36. The minimum Gasteiger partial charge on any atom is -0.481 e. The Kier molecular flexibility index (Phi) is 2.52. The predicted molar refractivity (Wildman–Crippen MR) is 54.6 cm³/mol. The molecule has 2 rings (SSSR count). The molecule has 0 bridgehead atoms. The van der Waals surface area contributed by atoms with Gasteiger partial charge in [0.15, 0.2) is 0 Å². The molecule has 0 spiro atoms. The summed E-state index contributed by atoms with van der Waals surface area (Å²) in [6.45, 7) is 2.49. The number of furan rings is 1. The molecule has 1 N–H and O–H groups in total. The summed E-state index contributed by atoms with van der Waals surface area (Å²) in [5, 5.41) is 8.94. The van der Waals surface area contributed by atoms with E-state index in [4.69, 9.17) is 9.52 Å². The monoisotopic (exact) mass is 209 g/mol. The highest BCUT2D eigenvalue weighted by molar-refractivity contribution is 5.70. The summed E-state index contributed by atoms with van der Waals surface area (Å²) < 4.78 is 5.53. The SMILES string of the molecule is Cc1ccc(C2CC(C(=O)O)CN2C)o1. The average molecular weight is 209 g/mol. The van der Waals surface area contributed by atoms with Gasteiger partial charge >= 0.3 is 5.97 Å². The van der Waals surface area contributed by atoms with Crippen molar-refractivity contribution in [1.82, 2.24) is 4.90 Å². The van der Waals surface area contributed by atoms with E-state index < -0.39 is 5.97 Å². The molecule has 0 amide bonds. The molecule has 2 heterocycles. The van der Waals surface area contributed by atoms with Gasteiger partial charge in [0.05, 0.1) is 12.0 Å². The molecular formula is C11H15NO3. The molecule has 4 heteroatoms. The molecule has 0 aromatic carbocycles. The van der Waals surface area contributed by atoms with E-state index in [9.17, 15) is 4.79 Å². The number of nitrogens with zero attached hydrogens (tertiary/aromatic N) is 1. The molecule has 1 fully saturated rings. The third-order valence-corrected chi connectivity index (χ3v) is 2.99. The maximum absolute atomic E-state index is 10.9. The summed E-state index contributed by atoms with van der Waals surface area (Å²) in [6.07, 6.45) is 0.638. The van der Waals surface area contributed by atoms with Gasteiger partial charge in [-0.15, -0.1) is 0 Å². The van der Waals surface area contributed by atoms with Crippen molar-refractivity contribution >= 4 is 5.97 Å². The largest absolute Gasteiger partial charge is 0.481 e. The van der Waals surface area contributed by atoms with Gasteiger partial charge in [-0.05, 0) is 32.5 Å². The van der Waals surface area contributed by atoms with Gasteiger partial charge in [-0.1, -0.05) is 0 Å². The number of carboxylic acids is 1. The first-order chi connectivity index (χ1) is 7.08. The molecule has 0 radical (unpaired) electrons. The number of carboxylic acid groups (broad SMARTS) is 1. The first-order valence-corrected chi connectivity index (χ1v) is 5.07. The van der Waals surface area contributed by atoms with Crippen LogP contribution in [0.5, 0.6) is 0 Å². The van der Waals surface area contributed by atoms with Gasteiger partial charge in [0.25, 0.3) is 0 Å². The number of hydrogen-bond donors (Lipinski definition) is 1. The highest BCUT2D eigenvalue weighted by Crippen LogP contribution is 2.34. The fourth-order valence-electron chi connectivity index (χ4n) is 2.14. The smallest absolute Gasteiger partial charge is 0.307 e. The number of aliphatic carboxylic acids is 1. The number of aryl methyl sites for hydroxylation is 1. The van der Waals surface area contributed by atoms with Gasteiger partial charge in [0.2, 0.25) is 0 Å². The third-order valence-electron chi connectivity index (χ3n) is 2.99. The molecule has 1 saturated heterocycles. The van der Waals surface area contributed by atoms with E-state index in [-0.39, 0.29) is 12.0 Å². The van der Waals surface area contributed by atoms with E-state index in [1.54, 1.807) is 0 Å². The van der Waals surface area contributed by atoms with Crippen molar-refractivity contribution in [2.75, 3.05) is 13.6 Å². The summed E-state index contributed by atoms with van der Waals surface area (Å²) in [5.41, 5.74) is 0. The summed E-state index contributed by atoms with van der Waals surface area (Å²) in [5.74, 6) is 0.758. The Morgan fingerprint density at radius 2 is 2.33 bits per heavy atom. The zero-order valence-electron chi connectivity index (χ0n) is 8.93. The van der Waals surface area contributed by atoms with Gasteiger partial charge in [-0.25, -0.2) is 0 Å². The van der Waals surface area contributed by atoms with Crippen molar-refractivity contribution in [3.05, 3.63) is 23.7 Å². The second kappa shape index (κ2) is 3.70. The Morgan fingerprint density at radius 1 is 1.60 bits per heavy atom. The minimum atomic E-state index is -0.715. The van der Waals surface area contributed by atoms with Gasteiger partial charge in [0.1, 0.15) is 11.5 Å². The van der Waals surface area contributed by atoms with Crippen molar-refractivity contribution in [1.29, 1.82) is 0 Å². The van der Waals surface area contributed by atoms with Crippen LogP contribution in [0.25, 0.3) is 0 Å². The molecule has 2 atom stereocenters. The van der Waals surface area contributed by atoms with Crippen LogP contribution < -0.4 is 0 Å². The predicted octanol–water partition coefficient (Wildman–Crippen LogP) is 1.67. The van der Waals surface area contributed by atoms with Crippen molar-refractivity contribution in [3.8, 4) is 0 Å². The van der Waals surface area contributed by atoms with Crippen LogP contribution in [0.4, 0.5) is 0 Å². The molecule has 2 unspecified atom stereocenters. The number of rotatable bonds is 2. The molecule has 0 saturated carbocycles. The van der Waals surface area contributed by atoms with Gasteiger partial charge in [-0.3, -0.25) is 9.69 Å². The summed E-state index contributed by atoms with van der Waals surface area (Å²) in [7, 11) is 1.94. The van der Waals surface area contributed by atoms with Crippen LogP contribution in [-0.2, 0) is 4.79 Å². The van der Waals surface area contributed by atoms with Crippen LogP contribution in [0.15, 0.2) is 16.5 Å². The van der Waals surface area contributed by atoms with Crippen LogP contribution in [0.1, 0.15) is 24.0 Å². The van der Waals surface area contributed by atoms with Crippen LogP contribution in [-0.4, -0.2) is 29.6 Å². The van der Waals surface area contributed by atoms with Gasteiger partial charge < -0.3 is 9.52 Å². The Bertz CT molecular complexity index is 372. The lowest BCUT2D eigenvalue weighted by molar-refractivity contribution is -0.141. The lowest BCUT2D eigenvalue weighted by atomic mass is 10.0. The van der Waals surface area contributed by atoms with E-state index in [0.717, 1.165) is 11.5 Å². The molecule has 1 aliphatic rings. The molecule has 0 aliphatic carbocycles. The maximum Gasteiger partial charge on any atom is 0.307 e. The summed E-state index contributed by atoms with van der Waals surface area (Å²) in [6, 6.07) is 3.96. The topological polar surface area (TPSA) is 53.7 Å². The first-order valence-electron chi connectivity index (χ1n) is 5.07. The van der Waals surface area contributed by atoms with Gasteiger partial charge in [-0.2, -0.15) is 0 Å². The zero-order valence-corrected chi connectivity index (χ0v) is 8.93. The molecule has 4 nitrogen and oxygen atoms in total. The highest BCUT2D eigenvalue weighted by atomic mass is 16.4. The van der Waals surface area contributed by atoms with Crippen LogP contribution in [0, 0.1) is 12.8 Å². The van der Waals surface area contributed by atoms with E-state index in [0.29, 0.717) is 13.0 Å².